The van der Waals surface area contributed by atoms with Gasteiger partial charge in [0.2, 0.25) is 0 Å². The van der Waals surface area contributed by atoms with E-state index in [0.717, 1.165) is 25.9 Å². The van der Waals surface area contributed by atoms with Gasteiger partial charge in [-0.2, -0.15) is 0 Å². The van der Waals surface area contributed by atoms with Crippen LogP contribution in [0.5, 0.6) is 0 Å². The van der Waals surface area contributed by atoms with Crippen molar-refractivity contribution in [3.63, 3.8) is 0 Å². The second kappa shape index (κ2) is 6.12. The van der Waals surface area contributed by atoms with Crippen LogP contribution in [0.1, 0.15) is 37.7 Å². The summed E-state index contributed by atoms with van der Waals surface area (Å²) in [6.45, 7) is 2.10. The zero-order valence-electron chi connectivity index (χ0n) is 10.4. The number of rotatable bonds is 5. The van der Waals surface area contributed by atoms with E-state index in [-0.39, 0.29) is 5.41 Å². The zero-order valence-corrected chi connectivity index (χ0v) is 10.4. The summed E-state index contributed by atoms with van der Waals surface area (Å²) in [5.74, 6) is 0. The highest BCUT2D eigenvalue weighted by atomic mass is 16.3. The van der Waals surface area contributed by atoms with Crippen LogP contribution in [-0.2, 0) is 6.54 Å². The number of hydrogen-bond donors (Lipinski definition) is 2. The lowest BCUT2D eigenvalue weighted by Gasteiger charge is -2.35. The van der Waals surface area contributed by atoms with Gasteiger partial charge >= 0.3 is 0 Å². The highest BCUT2D eigenvalue weighted by Crippen LogP contribution is 2.35. The Morgan fingerprint density at radius 3 is 2.53 bits per heavy atom. The Morgan fingerprint density at radius 2 is 1.88 bits per heavy atom. The molecule has 0 aromatic carbocycles. The SMILES string of the molecule is OCC1(CNCc2ccncc2)CCCCC1. The molecule has 94 valence electrons. The highest BCUT2D eigenvalue weighted by Gasteiger charge is 2.30. The minimum absolute atomic E-state index is 0.130. The van der Waals surface area contributed by atoms with Crippen molar-refractivity contribution in [3.8, 4) is 0 Å². The van der Waals surface area contributed by atoms with Gasteiger partial charge in [-0.05, 0) is 30.5 Å². The molecule has 3 nitrogen and oxygen atoms in total. The molecule has 1 aromatic heterocycles. The van der Waals surface area contributed by atoms with E-state index in [4.69, 9.17) is 0 Å². The van der Waals surface area contributed by atoms with E-state index in [2.05, 4.69) is 10.3 Å². The first-order chi connectivity index (χ1) is 8.35. The third-order valence-corrected chi connectivity index (χ3v) is 3.83. The number of aromatic nitrogens is 1. The first kappa shape index (κ1) is 12.5. The summed E-state index contributed by atoms with van der Waals surface area (Å²) in [6.07, 6.45) is 9.81. The van der Waals surface area contributed by atoms with Crippen LogP contribution in [0.2, 0.25) is 0 Å². The monoisotopic (exact) mass is 234 g/mol. The van der Waals surface area contributed by atoms with Gasteiger partial charge in [0.05, 0.1) is 0 Å². The first-order valence-corrected chi connectivity index (χ1v) is 6.55. The number of nitrogens with zero attached hydrogens (tertiary/aromatic N) is 1. The fraction of sp³-hybridized carbons (Fsp3) is 0.643. The average molecular weight is 234 g/mol. The number of pyridine rings is 1. The predicted octanol–water partition coefficient (Wildman–Crippen LogP) is 2.11. The Balaban J connectivity index is 1.80. The van der Waals surface area contributed by atoms with Crippen LogP contribution in [-0.4, -0.2) is 23.2 Å². The van der Waals surface area contributed by atoms with Crippen LogP contribution in [0.3, 0.4) is 0 Å². The van der Waals surface area contributed by atoms with E-state index in [1.165, 1.54) is 24.8 Å². The summed E-state index contributed by atoms with van der Waals surface area (Å²) in [5.41, 5.74) is 1.38. The summed E-state index contributed by atoms with van der Waals surface area (Å²) >= 11 is 0. The summed E-state index contributed by atoms with van der Waals surface area (Å²) in [5, 5.41) is 13.1. The second-order valence-corrected chi connectivity index (χ2v) is 5.18. The van der Waals surface area contributed by atoms with Crippen molar-refractivity contribution in [2.24, 2.45) is 5.41 Å². The van der Waals surface area contributed by atoms with Crippen LogP contribution in [0.25, 0.3) is 0 Å². The Kier molecular flexibility index (Phi) is 4.51. The van der Waals surface area contributed by atoms with E-state index in [1.807, 2.05) is 24.5 Å². The molecule has 0 aliphatic heterocycles. The van der Waals surface area contributed by atoms with E-state index in [9.17, 15) is 5.11 Å². The Labute approximate surface area is 103 Å². The Hall–Kier alpha value is -0.930. The smallest absolute Gasteiger partial charge is 0.0499 e. The van der Waals surface area contributed by atoms with Gasteiger partial charge in [0.25, 0.3) is 0 Å². The number of aliphatic hydroxyl groups is 1. The molecular formula is C14H22N2O. The van der Waals surface area contributed by atoms with Gasteiger partial charge < -0.3 is 10.4 Å². The molecule has 3 heteroatoms. The highest BCUT2D eigenvalue weighted by molar-refractivity contribution is 5.09. The maximum atomic E-state index is 9.59. The number of aliphatic hydroxyl groups excluding tert-OH is 1. The lowest BCUT2D eigenvalue weighted by Crippen LogP contribution is -2.38. The molecule has 1 fully saturated rings. The Morgan fingerprint density at radius 1 is 1.18 bits per heavy atom. The van der Waals surface area contributed by atoms with Crippen molar-refractivity contribution >= 4 is 0 Å². The molecule has 2 rings (SSSR count). The van der Waals surface area contributed by atoms with Crippen molar-refractivity contribution in [2.75, 3.05) is 13.2 Å². The summed E-state index contributed by atoms with van der Waals surface area (Å²) in [4.78, 5) is 4.01. The number of nitrogens with one attached hydrogen (secondary N) is 1. The summed E-state index contributed by atoms with van der Waals surface area (Å²) in [6, 6.07) is 4.05. The third-order valence-electron chi connectivity index (χ3n) is 3.83. The normalized spacial score (nSPS) is 19.1. The topological polar surface area (TPSA) is 45.1 Å². The predicted molar refractivity (Wildman–Crippen MR) is 68.5 cm³/mol. The molecule has 0 amide bonds. The quantitative estimate of drug-likeness (QED) is 0.820. The minimum atomic E-state index is 0.130. The molecule has 1 saturated carbocycles. The molecule has 1 aliphatic carbocycles. The largest absolute Gasteiger partial charge is 0.396 e. The van der Waals surface area contributed by atoms with Crippen LogP contribution >= 0.6 is 0 Å². The molecule has 1 heterocycles. The average Bonchev–Trinajstić information content (AvgIpc) is 2.41. The van der Waals surface area contributed by atoms with Crippen LogP contribution < -0.4 is 5.32 Å². The third kappa shape index (κ3) is 3.51. The van der Waals surface area contributed by atoms with E-state index < -0.39 is 0 Å². The van der Waals surface area contributed by atoms with Crippen LogP contribution in [0.15, 0.2) is 24.5 Å². The zero-order chi connectivity index (χ0) is 12.0. The van der Waals surface area contributed by atoms with Gasteiger partial charge in [-0.3, -0.25) is 4.98 Å². The lowest BCUT2D eigenvalue weighted by molar-refractivity contribution is 0.0810. The maximum Gasteiger partial charge on any atom is 0.0499 e. The molecule has 0 atom stereocenters. The molecular weight excluding hydrogens is 212 g/mol. The van der Waals surface area contributed by atoms with E-state index in [0.29, 0.717) is 6.61 Å². The van der Waals surface area contributed by atoms with Gasteiger partial charge in [-0.1, -0.05) is 19.3 Å². The summed E-state index contributed by atoms with van der Waals surface area (Å²) in [7, 11) is 0. The number of hydrogen-bond acceptors (Lipinski definition) is 3. The van der Waals surface area contributed by atoms with E-state index in [1.54, 1.807) is 0 Å². The molecule has 0 bridgehead atoms. The molecule has 0 radical (unpaired) electrons. The molecule has 0 unspecified atom stereocenters. The van der Waals surface area contributed by atoms with Gasteiger partial charge in [0, 0.05) is 37.5 Å². The standard InChI is InChI=1S/C14H22N2O/c17-12-14(6-2-1-3-7-14)11-16-10-13-4-8-15-9-5-13/h4-5,8-9,16-17H,1-3,6-7,10-12H2. The fourth-order valence-corrected chi connectivity index (χ4v) is 2.67. The molecule has 0 saturated heterocycles. The molecule has 1 aromatic rings. The summed E-state index contributed by atoms with van der Waals surface area (Å²) < 4.78 is 0. The van der Waals surface area contributed by atoms with Crippen molar-refractivity contribution in [2.45, 2.75) is 38.6 Å². The molecule has 0 spiro atoms. The Bertz CT molecular complexity index is 320. The fourth-order valence-electron chi connectivity index (χ4n) is 2.67. The minimum Gasteiger partial charge on any atom is -0.396 e. The van der Waals surface area contributed by atoms with Crippen molar-refractivity contribution < 1.29 is 5.11 Å². The van der Waals surface area contributed by atoms with Crippen LogP contribution in [0, 0.1) is 5.41 Å². The van der Waals surface area contributed by atoms with Crippen molar-refractivity contribution in [1.82, 2.24) is 10.3 Å². The van der Waals surface area contributed by atoms with Gasteiger partial charge in [0.15, 0.2) is 0 Å². The maximum absolute atomic E-state index is 9.59. The second-order valence-electron chi connectivity index (χ2n) is 5.18. The lowest BCUT2D eigenvalue weighted by atomic mass is 9.74. The first-order valence-electron chi connectivity index (χ1n) is 6.55. The molecule has 17 heavy (non-hydrogen) atoms. The van der Waals surface area contributed by atoms with Crippen LogP contribution in [0.4, 0.5) is 0 Å². The molecule has 1 aliphatic rings. The van der Waals surface area contributed by atoms with Gasteiger partial charge in [-0.25, -0.2) is 0 Å². The van der Waals surface area contributed by atoms with Crippen molar-refractivity contribution in [3.05, 3.63) is 30.1 Å². The van der Waals surface area contributed by atoms with Gasteiger partial charge in [0.1, 0.15) is 0 Å². The van der Waals surface area contributed by atoms with Gasteiger partial charge in [-0.15, -0.1) is 0 Å². The van der Waals surface area contributed by atoms with Crippen molar-refractivity contribution in [1.29, 1.82) is 0 Å². The van der Waals surface area contributed by atoms with E-state index >= 15 is 0 Å². The molecule has 2 N–H and O–H groups in total.